The average Bonchev–Trinajstić information content (AvgIpc) is 2.66. The number of piperidine rings is 1. The third-order valence-corrected chi connectivity index (χ3v) is 4.19. The van der Waals surface area contributed by atoms with Gasteiger partial charge in [0.25, 0.3) is 0 Å². The van der Waals surface area contributed by atoms with Crippen molar-refractivity contribution in [3.05, 3.63) is 16.1 Å². The highest BCUT2D eigenvalue weighted by atomic mass is 35.5. The van der Waals surface area contributed by atoms with Crippen LogP contribution in [-0.2, 0) is 6.54 Å². The van der Waals surface area contributed by atoms with E-state index in [0.29, 0.717) is 12.0 Å². The number of nitrogens with zero attached hydrogens (tertiary/aromatic N) is 2. The quantitative estimate of drug-likeness (QED) is 0.933. The highest BCUT2D eigenvalue weighted by Crippen LogP contribution is 2.20. The van der Waals surface area contributed by atoms with E-state index in [-0.39, 0.29) is 24.8 Å². The molecule has 0 bridgehead atoms. The molecule has 0 radical (unpaired) electrons. The van der Waals surface area contributed by atoms with E-state index in [1.165, 1.54) is 30.1 Å². The Kier molecular flexibility index (Phi) is 8.39. The third kappa shape index (κ3) is 5.02. The van der Waals surface area contributed by atoms with E-state index < -0.39 is 0 Å². The maximum absolute atomic E-state index is 5.97. The van der Waals surface area contributed by atoms with Gasteiger partial charge in [-0.2, -0.15) is 0 Å². The standard InChI is InChI=1S/C12H21N3S.2ClH/c1-9(2)12-14-11(8-16-12)7-15-5-3-4-10(13)6-15;;/h8-10H,3-7,13H2,1-2H3;2*1H/t10-;;/m1../s1. The number of rotatable bonds is 3. The molecule has 1 aliphatic heterocycles. The minimum Gasteiger partial charge on any atom is -0.327 e. The summed E-state index contributed by atoms with van der Waals surface area (Å²) in [5.74, 6) is 0.544. The molecule has 1 saturated heterocycles. The fraction of sp³-hybridized carbons (Fsp3) is 0.750. The molecule has 1 fully saturated rings. The number of likely N-dealkylation sites (tertiary alicyclic amines) is 1. The minimum atomic E-state index is 0. The van der Waals surface area contributed by atoms with Crippen molar-refractivity contribution < 1.29 is 0 Å². The van der Waals surface area contributed by atoms with Crippen LogP contribution in [0.2, 0.25) is 0 Å². The molecule has 1 atom stereocenters. The van der Waals surface area contributed by atoms with Gasteiger partial charge in [0, 0.05) is 30.4 Å². The van der Waals surface area contributed by atoms with Crippen LogP contribution in [0.25, 0.3) is 0 Å². The normalized spacial score (nSPS) is 20.3. The van der Waals surface area contributed by atoms with Crippen LogP contribution in [0.1, 0.15) is 43.3 Å². The van der Waals surface area contributed by atoms with Crippen LogP contribution < -0.4 is 5.73 Å². The van der Waals surface area contributed by atoms with Gasteiger partial charge in [-0.25, -0.2) is 4.98 Å². The Morgan fingerprint density at radius 2 is 2.22 bits per heavy atom. The van der Waals surface area contributed by atoms with E-state index >= 15 is 0 Å². The molecular weight excluding hydrogens is 289 g/mol. The molecule has 1 aromatic heterocycles. The van der Waals surface area contributed by atoms with Crippen molar-refractivity contribution in [2.75, 3.05) is 13.1 Å². The molecule has 6 heteroatoms. The summed E-state index contributed by atoms with van der Waals surface area (Å²) in [4.78, 5) is 7.09. The van der Waals surface area contributed by atoms with Gasteiger partial charge in [0.2, 0.25) is 0 Å². The first kappa shape index (κ1) is 18.1. The summed E-state index contributed by atoms with van der Waals surface area (Å²) in [5.41, 5.74) is 7.18. The summed E-state index contributed by atoms with van der Waals surface area (Å²) < 4.78 is 0. The summed E-state index contributed by atoms with van der Waals surface area (Å²) in [6, 6.07) is 0.358. The van der Waals surface area contributed by atoms with Crippen LogP contribution in [0.3, 0.4) is 0 Å². The second-order valence-electron chi connectivity index (χ2n) is 4.97. The van der Waals surface area contributed by atoms with Gasteiger partial charge in [-0.1, -0.05) is 13.8 Å². The number of hydrogen-bond donors (Lipinski definition) is 1. The lowest BCUT2D eigenvalue weighted by Gasteiger charge is -2.29. The average molecular weight is 312 g/mol. The Bertz CT molecular complexity index is 344. The number of halogens is 2. The fourth-order valence-corrected chi connectivity index (χ4v) is 2.95. The van der Waals surface area contributed by atoms with Gasteiger partial charge in [0.05, 0.1) is 10.7 Å². The van der Waals surface area contributed by atoms with Gasteiger partial charge < -0.3 is 5.73 Å². The Hall–Kier alpha value is 0.130. The summed E-state index contributed by atoms with van der Waals surface area (Å²) in [7, 11) is 0. The van der Waals surface area contributed by atoms with E-state index in [1.807, 2.05) is 0 Å². The van der Waals surface area contributed by atoms with Crippen LogP contribution in [0.5, 0.6) is 0 Å². The largest absolute Gasteiger partial charge is 0.327 e. The molecule has 18 heavy (non-hydrogen) atoms. The Morgan fingerprint density at radius 3 is 2.78 bits per heavy atom. The zero-order valence-electron chi connectivity index (χ0n) is 11.0. The summed E-state index contributed by atoms with van der Waals surface area (Å²) >= 11 is 1.78. The van der Waals surface area contributed by atoms with E-state index in [4.69, 9.17) is 5.73 Å². The Morgan fingerprint density at radius 1 is 1.50 bits per heavy atom. The van der Waals surface area contributed by atoms with Crippen molar-refractivity contribution in [3.8, 4) is 0 Å². The zero-order valence-corrected chi connectivity index (χ0v) is 13.4. The maximum Gasteiger partial charge on any atom is 0.0954 e. The predicted molar refractivity (Wildman–Crippen MR) is 83.2 cm³/mol. The Labute approximate surface area is 126 Å². The molecule has 0 spiro atoms. The number of nitrogens with two attached hydrogens (primary N) is 1. The zero-order chi connectivity index (χ0) is 11.5. The second-order valence-corrected chi connectivity index (χ2v) is 5.86. The van der Waals surface area contributed by atoms with E-state index in [9.17, 15) is 0 Å². The number of aromatic nitrogens is 1. The second kappa shape index (κ2) is 8.33. The highest BCUT2D eigenvalue weighted by Gasteiger charge is 2.17. The van der Waals surface area contributed by atoms with Crippen molar-refractivity contribution in [1.82, 2.24) is 9.88 Å². The molecule has 3 nitrogen and oxygen atoms in total. The SMILES string of the molecule is CC(C)c1nc(CN2CCC[C@@H](N)C2)cs1.Cl.Cl. The molecule has 1 aromatic rings. The monoisotopic (exact) mass is 311 g/mol. The first-order valence-electron chi connectivity index (χ1n) is 6.07. The fourth-order valence-electron chi connectivity index (χ4n) is 2.12. The topological polar surface area (TPSA) is 42.2 Å². The molecule has 2 heterocycles. The van der Waals surface area contributed by atoms with Crippen LogP contribution in [0, 0.1) is 0 Å². The molecule has 0 saturated carbocycles. The van der Waals surface area contributed by atoms with Crippen molar-refractivity contribution in [1.29, 1.82) is 0 Å². The molecule has 0 aliphatic carbocycles. The van der Waals surface area contributed by atoms with Crippen molar-refractivity contribution in [2.24, 2.45) is 5.73 Å². The summed E-state index contributed by atoms with van der Waals surface area (Å²) in [5, 5.41) is 3.44. The molecule has 0 amide bonds. The minimum absolute atomic E-state index is 0. The lowest BCUT2D eigenvalue weighted by molar-refractivity contribution is 0.199. The molecule has 0 unspecified atom stereocenters. The van der Waals surface area contributed by atoms with Gasteiger partial charge in [-0.15, -0.1) is 36.2 Å². The molecule has 1 aliphatic rings. The van der Waals surface area contributed by atoms with Gasteiger partial charge in [-0.3, -0.25) is 4.90 Å². The van der Waals surface area contributed by atoms with Crippen LogP contribution in [-0.4, -0.2) is 29.0 Å². The molecule has 2 rings (SSSR count). The van der Waals surface area contributed by atoms with E-state index in [1.54, 1.807) is 11.3 Å². The highest BCUT2D eigenvalue weighted by molar-refractivity contribution is 7.09. The van der Waals surface area contributed by atoms with Crippen LogP contribution >= 0.6 is 36.2 Å². The molecule has 106 valence electrons. The number of thiazole rings is 1. The van der Waals surface area contributed by atoms with Gasteiger partial charge in [0.15, 0.2) is 0 Å². The number of hydrogen-bond acceptors (Lipinski definition) is 4. The van der Waals surface area contributed by atoms with Crippen LogP contribution in [0.15, 0.2) is 5.38 Å². The van der Waals surface area contributed by atoms with Crippen molar-refractivity contribution in [3.63, 3.8) is 0 Å². The third-order valence-electron chi connectivity index (χ3n) is 2.99. The van der Waals surface area contributed by atoms with E-state index in [0.717, 1.165) is 13.1 Å². The predicted octanol–water partition coefficient (Wildman–Crippen LogP) is 3.03. The molecule has 0 aromatic carbocycles. The lowest BCUT2D eigenvalue weighted by atomic mass is 10.1. The first-order valence-corrected chi connectivity index (χ1v) is 6.95. The summed E-state index contributed by atoms with van der Waals surface area (Å²) in [6.07, 6.45) is 2.40. The van der Waals surface area contributed by atoms with Crippen molar-refractivity contribution >= 4 is 36.2 Å². The van der Waals surface area contributed by atoms with Gasteiger partial charge in [0.1, 0.15) is 0 Å². The Balaban J connectivity index is 0.00000144. The lowest BCUT2D eigenvalue weighted by Crippen LogP contribution is -2.42. The van der Waals surface area contributed by atoms with Crippen molar-refractivity contribution in [2.45, 2.75) is 45.2 Å². The van der Waals surface area contributed by atoms with Gasteiger partial charge in [-0.05, 0) is 19.4 Å². The first-order chi connectivity index (χ1) is 7.65. The molecular formula is C12H23Cl2N3S. The maximum atomic E-state index is 5.97. The summed E-state index contributed by atoms with van der Waals surface area (Å²) in [6.45, 7) is 7.55. The molecule has 2 N–H and O–H groups in total. The van der Waals surface area contributed by atoms with Gasteiger partial charge >= 0.3 is 0 Å². The van der Waals surface area contributed by atoms with E-state index in [2.05, 4.69) is 29.1 Å². The smallest absolute Gasteiger partial charge is 0.0954 e. The van der Waals surface area contributed by atoms with Crippen LogP contribution in [0.4, 0.5) is 0 Å².